The molecule has 0 bridgehead atoms. The van der Waals surface area contributed by atoms with E-state index < -0.39 is 5.97 Å². The summed E-state index contributed by atoms with van der Waals surface area (Å²) in [4.78, 5) is 12.7. The second-order valence-electron chi connectivity index (χ2n) is 13.6. The Balaban J connectivity index is 1.49. The molecule has 0 radical (unpaired) electrons. The van der Waals surface area contributed by atoms with Crippen molar-refractivity contribution >= 4 is 17.6 Å². The monoisotopic (exact) mass is 598 g/mol. The molecule has 5 heteroatoms. The van der Waals surface area contributed by atoms with E-state index in [0.717, 1.165) is 65.0 Å². The fraction of sp³-hybridized carbons (Fsp3) is 0.649. The van der Waals surface area contributed by atoms with Crippen molar-refractivity contribution in [2.45, 2.75) is 132 Å². The molecule has 1 aliphatic rings. The van der Waals surface area contributed by atoms with E-state index in [1.165, 1.54) is 51.4 Å². The highest BCUT2D eigenvalue weighted by Crippen LogP contribution is 2.45. The molecular formula is C37H55ClO4. The van der Waals surface area contributed by atoms with Gasteiger partial charge in [-0.2, -0.15) is 0 Å². The average molecular weight is 599 g/mol. The van der Waals surface area contributed by atoms with Gasteiger partial charge in [0.05, 0.1) is 0 Å². The van der Waals surface area contributed by atoms with Crippen molar-refractivity contribution < 1.29 is 19.0 Å². The Labute approximate surface area is 260 Å². The molecule has 0 aromatic heterocycles. The number of rotatable bonds is 16. The zero-order valence-corrected chi connectivity index (χ0v) is 28.3. The van der Waals surface area contributed by atoms with Crippen LogP contribution in [0.15, 0.2) is 24.3 Å². The van der Waals surface area contributed by atoms with Crippen LogP contribution in [-0.4, -0.2) is 18.2 Å². The maximum absolute atomic E-state index is 12.7. The fourth-order valence-corrected chi connectivity index (χ4v) is 6.36. The van der Waals surface area contributed by atoms with Crippen LogP contribution in [0.1, 0.15) is 121 Å². The Kier molecular flexibility index (Phi) is 13.1. The number of benzene rings is 2. The van der Waals surface area contributed by atoms with E-state index in [4.69, 9.17) is 25.8 Å². The minimum absolute atomic E-state index is 0.161. The van der Waals surface area contributed by atoms with E-state index in [2.05, 4.69) is 41.5 Å². The molecule has 4 nitrogen and oxygen atoms in total. The zero-order chi connectivity index (χ0) is 30.9. The largest absolute Gasteiger partial charge is 0.487 e. The first-order valence-electron chi connectivity index (χ1n) is 16.3. The third kappa shape index (κ3) is 10.2. The van der Waals surface area contributed by atoms with E-state index in [1.54, 1.807) is 24.3 Å². The Morgan fingerprint density at radius 2 is 1.48 bits per heavy atom. The number of hydrogen-bond donors (Lipinski definition) is 0. The molecule has 3 rings (SSSR count). The predicted molar refractivity (Wildman–Crippen MR) is 175 cm³/mol. The molecule has 0 saturated heterocycles. The van der Waals surface area contributed by atoms with Crippen LogP contribution in [0, 0.1) is 38.5 Å². The van der Waals surface area contributed by atoms with Gasteiger partial charge in [0.2, 0.25) is 0 Å². The van der Waals surface area contributed by atoms with Gasteiger partial charge in [-0.25, -0.2) is 4.79 Å². The first kappa shape index (κ1) is 34.3. The predicted octanol–water partition coefficient (Wildman–Crippen LogP) is 10.8. The molecule has 42 heavy (non-hydrogen) atoms. The van der Waals surface area contributed by atoms with Crippen molar-refractivity contribution in [2.24, 2.45) is 17.8 Å². The fourth-order valence-electron chi connectivity index (χ4n) is 6.23. The molecule has 0 unspecified atom stereocenters. The highest BCUT2D eigenvalue weighted by molar-refractivity contribution is 6.30. The lowest BCUT2D eigenvalue weighted by molar-refractivity contribution is -0.136. The van der Waals surface area contributed by atoms with Crippen LogP contribution < -0.4 is 14.2 Å². The molecule has 1 heterocycles. The van der Waals surface area contributed by atoms with Gasteiger partial charge in [0.1, 0.15) is 22.8 Å². The molecule has 2 aromatic rings. The molecule has 234 valence electrons. The van der Waals surface area contributed by atoms with E-state index in [1.807, 2.05) is 13.8 Å². The first-order valence-corrected chi connectivity index (χ1v) is 16.7. The maximum Gasteiger partial charge on any atom is 0.349 e. The standard InChI is InChI=1S/C37H55ClO4/c1-25(2)12-9-13-26(3)14-10-15-27(4)16-11-22-37(8)23-21-33-30(7)35(28(5)29(6)36(33)42-37)41-34(39)24-40-32-19-17-31(38)18-20-32/h17-20,25-27H,9-16,21-24H2,1-8H3/t26-,27-,37+/m1/s1. The Hall–Kier alpha value is -2.20. The molecule has 0 amide bonds. The van der Waals surface area contributed by atoms with E-state index in [0.29, 0.717) is 16.5 Å². The van der Waals surface area contributed by atoms with Crippen LogP contribution >= 0.6 is 11.6 Å². The van der Waals surface area contributed by atoms with Gasteiger partial charge in [-0.15, -0.1) is 0 Å². The summed E-state index contributed by atoms with van der Waals surface area (Å²) in [6, 6.07) is 6.94. The van der Waals surface area contributed by atoms with Gasteiger partial charge in [0.25, 0.3) is 0 Å². The lowest BCUT2D eigenvalue weighted by Gasteiger charge is -2.38. The van der Waals surface area contributed by atoms with E-state index >= 15 is 0 Å². The molecule has 3 atom stereocenters. The minimum Gasteiger partial charge on any atom is -0.487 e. The number of ether oxygens (including phenoxy) is 3. The highest BCUT2D eigenvalue weighted by Gasteiger charge is 2.34. The average Bonchev–Trinajstić information content (AvgIpc) is 2.93. The molecule has 0 fully saturated rings. The molecule has 0 aliphatic carbocycles. The topological polar surface area (TPSA) is 44.8 Å². The van der Waals surface area contributed by atoms with Gasteiger partial charge in [-0.05, 0) is 112 Å². The number of hydrogen-bond acceptors (Lipinski definition) is 4. The second-order valence-corrected chi connectivity index (χ2v) is 14.1. The van der Waals surface area contributed by atoms with Gasteiger partial charge < -0.3 is 14.2 Å². The summed E-state index contributed by atoms with van der Waals surface area (Å²) in [6.45, 7) is 17.7. The third-order valence-electron chi connectivity index (χ3n) is 9.22. The van der Waals surface area contributed by atoms with Crippen LogP contribution in [-0.2, 0) is 11.2 Å². The van der Waals surface area contributed by atoms with E-state index in [-0.39, 0.29) is 12.2 Å². The molecule has 0 N–H and O–H groups in total. The molecule has 1 aliphatic heterocycles. The third-order valence-corrected chi connectivity index (χ3v) is 9.48. The number of fused-ring (bicyclic) bond motifs is 1. The van der Waals surface area contributed by atoms with Crippen molar-refractivity contribution in [1.29, 1.82) is 0 Å². The summed E-state index contributed by atoms with van der Waals surface area (Å²) in [5.74, 6) is 4.21. The van der Waals surface area contributed by atoms with Crippen molar-refractivity contribution in [1.82, 2.24) is 0 Å². The SMILES string of the molecule is Cc1c(C)c2c(c(C)c1OC(=O)COc1ccc(Cl)cc1)CC[C@](C)(CCC[C@H](C)CCC[C@H](C)CCCC(C)C)O2. The molecule has 0 saturated carbocycles. The van der Waals surface area contributed by atoms with Crippen LogP contribution in [0.25, 0.3) is 0 Å². The van der Waals surface area contributed by atoms with Crippen LogP contribution in [0.3, 0.4) is 0 Å². The van der Waals surface area contributed by atoms with Crippen molar-refractivity contribution in [2.75, 3.05) is 6.61 Å². The van der Waals surface area contributed by atoms with Crippen molar-refractivity contribution in [3.05, 3.63) is 51.5 Å². The lowest BCUT2D eigenvalue weighted by atomic mass is 9.83. The summed E-state index contributed by atoms with van der Waals surface area (Å²) in [5.41, 5.74) is 3.99. The van der Waals surface area contributed by atoms with Crippen LogP contribution in [0.5, 0.6) is 17.2 Å². The summed E-state index contributed by atoms with van der Waals surface area (Å²) in [7, 11) is 0. The second kappa shape index (κ2) is 16.0. The normalized spacial score (nSPS) is 17.9. The van der Waals surface area contributed by atoms with Gasteiger partial charge >= 0.3 is 5.97 Å². The number of esters is 1. The van der Waals surface area contributed by atoms with E-state index in [9.17, 15) is 4.79 Å². The molecule has 2 aromatic carbocycles. The summed E-state index contributed by atoms with van der Waals surface area (Å²) in [6.07, 6.45) is 13.6. The highest BCUT2D eigenvalue weighted by atomic mass is 35.5. The minimum atomic E-state index is -0.424. The van der Waals surface area contributed by atoms with Crippen LogP contribution in [0.2, 0.25) is 5.02 Å². The number of carbonyl (C=O) groups excluding carboxylic acids is 1. The van der Waals surface area contributed by atoms with Crippen molar-refractivity contribution in [3.8, 4) is 17.2 Å². The summed E-state index contributed by atoms with van der Waals surface area (Å²) >= 11 is 5.93. The first-order chi connectivity index (χ1) is 19.9. The quantitative estimate of drug-likeness (QED) is 0.142. The Morgan fingerprint density at radius 3 is 2.10 bits per heavy atom. The van der Waals surface area contributed by atoms with Crippen LogP contribution in [0.4, 0.5) is 0 Å². The Morgan fingerprint density at radius 1 is 0.881 bits per heavy atom. The number of halogens is 1. The number of carbonyl (C=O) groups is 1. The van der Waals surface area contributed by atoms with Gasteiger partial charge in [0.15, 0.2) is 6.61 Å². The zero-order valence-electron chi connectivity index (χ0n) is 27.5. The van der Waals surface area contributed by atoms with Gasteiger partial charge in [0, 0.05) is 10.6 Å². The Bertz CT molecular complexity index is 1160. The van der Waals surface area contributed by atoms with Gasteiger partial charge in [-0.1, -0.05) is 84.2 Å². The smallest absolute Gasteiger partial charge is 0.349 e. The van der Waals surface area contributed by atoms with Crippen molar-refractivity contribution in [3.63, 3.8) is 0 Å². The lowest BCUT2D eigenvalue weighted by Crippen LogP contribution is -2.37. The van der Waals surface area contributed by atoms with Gasteiger partial charge in [-0.3, -0.25) is 0 Å². The molecule has 0 spiro atoms. The molecular weight excluding hydrogens is 544 g/mol. The summed E-state index contributed by atoms with van der Waals surface area (Å²) in [5, 5.41) is 0.622. The summed E-state index contributed by atoms with van der Waals surface area (Å²) < 4.78 is 18.2. The maximum atomic E-state index is 12.7.